The molecule has 0 aromatic carbocycles. The van der Waals surface area contributed by atoms with E-state index in [0.29, 0.717) is 6.04 Å². The molecule has 4 nitrogen and oxygen atoms in total. The zero-order valence-electron chi connectivity index (χ0n) is 10.7. The van der Waals surface area contributed by atoms with Crippen molar-refractivity contribution in [2.45, 2.75) is 38.1 Å². The maximum atomic E-state index is 11.5. The van der Waals surface area contributed by atoms with Gasteiger partial charge < -0.3 is 5.32 Å². The first-order valence-corrected chi connectivity index (χ1v) is 7.94. The van der Waals surface area contributed by atoms with Gasteiger partial charge in [-0.2, -0.15) is 5.26 Å². The van der Waals surface area contributed by atoms with Crippen molar-refractivity contribution < 1.29 is 0 Å². The number of nitrogens with zero attached hydrogens (tertiary/aromatic N) is 1. The molecule has 0 aliphatic heterocycles. The van der Waals surface area contributed by atoms with Crippen LogP contribution in [0.2, 0.25) is 0 Å². The van der Waals surface area contributed by atoms with E-state index in [2.05, 4.69) is 9.69 Å². The lowest BCUT2D eigenvalue weighted by Crippen LogP contribution is -2.51. The van der Waals surface area contributed by atoms with Gasteiger partial charge >= 0.3 is 0 Å². The zero-order valence-corrected chi connectivity index (χ0v) is 11.5. The van der Waals surface area contributed by atoms with E-state index < -0.39 is 0 Å². The molecule has 5 rings (SSSR count). The Hall–Kier alpha value is -1.28. The van der Waals surface area contributed by atoms with Crippen LogP contribution in [0.15, 0.2) is 4.79 Å². The summed E-state index contributed by atoms with van der Waals surface area (Å²) in [5.41, 5.74) is 0.0117. The Morgan fingerprint density at radius 2 is 1.79 bits per heavy atom. The van der Waals surface area contributed by atoms with Crippen LogP contribution < -0.4 is 10.9 Å². The fourth-order valence-electron chi connectivity index (χ4n) is 4.82. The van der Waals surface area contributed by atoms with Crippen molar-refractivity contribution in [1.82, 2.24) is 4.37 Å². The van der Waals surface area contributed by atoms with Crippen LogP contribution in [0.4, 0.5) is 5.00 Å². The molecule has 4 aliphatic carbocycles. The summed E-state index contributed by atoms with van der Waals surface area (Å²) >= 11 is 1.27. The summed E-state index contributed by atoms with van der Waals surface area (Å²) in [5, 5.41) is 13.4. The topological polar surface area (TPSA) is 68.7 Å². The lowest BCUT2D eigenvalue weighted by atomic mass is 9.54. The van der Waals surface area contributed by atoms with Gasteiger partial charge in [0.2, 0.25) is 0 Å². The van der Waals surface area contributed by atoms with E-state index in [1.165, 1.54) is 43.6 Å². The van der Waals surface area contributed by atoms with E-state index in [9.17, 15) is 4.79 Å². The van der Waals surface area contributed by atoms with E-state index in [4.69, 9.17) is 5.26 Å². The van der Waals surface area contributed by atoms with Crippen LogP contribution in [0.25, 0.3) is 0 Å². The molecule has 0 atom stereocenters. The maximum Gasteiger partial charge on any atom is 0.278 e. The van der Waals surface area contributed by atoms with Crippen molar-refractivity contribution in [3.8, 4) is 6.07 Å². The molecule has 0 saturated heterocycles. The predicted molar refractivity (Wildman–Crippen MR) is 74.1 cm³/mol. The van der Waals surface area contributed by atoms with E-state index >= 15 is 0 Å². The highest BCUT2D eigenvalue weighted by Crippen LogP contribution is 2.54. The third-order valence-corrected chi connectivity index (χ3v) is 6.15. The second-order valence-electron chi connectivity index (χ2n) is 6.45. The fraction of sp³-hybridized carbons (Fsp3) is 0.714. The second kappa shape index (κ2) is 4.11. The van der Waals surface area contributed by atoms with Gasteiger partial charge in [0.1, 0.15) is 11.1 Å². The Bertz CT molecular complexity index is 569. The summed E-state index contributed by atoms with van der Waals surface area (Å²) in [7, 11) is 0. The fourth-order valence-corrected chi connectivity index (χ4v) is 5.55. The van der Waals surface area contributed by atoms with Crippen molar-refractivity contribution in [3.63, 3.8) is 0 Å². The number of anilines is 1. The summed E-state index contributed by atoms with van der Waals surface area (Å²) in [6.07, 6.45) is 6.80. The van der Waals surface area contributed by atoms with Crippen LogP contribution in [0, 0.1) is 35.0 Å². The molecule has 4 saturated carbocycles. The molecule has 4 aliphatic rings. The Labute approximate surface area is 116 Å². The van der Waals surface area contributed by atoms with Crippen LogP contribution in [-0.4, -0.2) is 10.4 Å². The SMILES string of the molecule is N#Cc1c(NC2C3CC4CC(C3)CC2C4)s[nH]c1=O. The molecule has 1 aromatic rings. The molecule has 5 heteroatoms. The van der Waals surface area contributed by atoms with Crippen LogP contribution >= 0.6 is 11.5 Å². The highest BCUT2D eigenvalue weighted by molar-refractivity contribution is 7.10. The number of aromatic nitrogens is 1. The maximum absolute atomic E-state index is 11.5. The van der Waals surface area contributed by atoms with Gasteiger partial charge in [0.05, 0.1) is 0 Å². The highest BCUT2D eigenvalue weighted by Gasteiger charge is 2.48. The third-order valence-electron chi connectivity index (χ3n) is 5.34. The molecule has 1 aromatic heterocycles. The van der Waals surface area contributed by atoms with Gasteiger partial charge in [0.15, 0.2) is 5.56 Å². The third kappa shape index (κ3) is 1.73. The molecule has 100 valence electrons. The number of H-pyrrole nitrogens is 1. The van der Waals surface area contributed by atoms with E-state index in [0.717, 1.165) is 28.7 Å². The van der Waals surface area contributed by atoms with E-state index in [1.54, 1.807) is 0 Å². The summed E-state index contributed by atoms with van der Waals surface area (Å²) < 4.78 is 2.66. The number of hydrogen-bond acceptors (Lipinski definition) is 4. The molecular weight excluding hydrogens is 258 g/mol. The highest BCUT2D eigenvalue weighted by atomic mass is 32.1. The van der Waals surface area contributed by atoms with Gasteiger partial charge in [-0.3, -0.25) is 9.17 Å². The molecule has 0 amide bonds. The van der Waals surface area contributed by atoms with Crippen LogP contribution in [0.3, 0.4) is 0 Å². The Balaban J connectivity index is 1.60. The number of aromatic amines is 1. The monoisotopic (exact) mass is 275 g/mol. The molecule has 19 heavy (non-hydrogen) atoms. The van der Waals surface area contributed by atoms with Crippen molar-refractivity contribution in [2.24, 2.45) is 23.7 Å². The standard InChI is InChI=1S/C14H17N3OS/c15-6-11-13(18)17-19-14(11)16-12-9-2-7-1-8(4-9)5-10(12)3-7/h7-10,12,16H,1-5H2,(H,17,18). The largest absolute Gasteiger partial charge is 0.371 e. The molecule has 1 heterocycles. The van der Waals surface area contributed by atoms with Gasteiger partial charge in [0, 0.05) is 6.04 Å². The molecule has 0 spiro atoms. The molecule has 4 bridgehead atoms. The molecule has 4 fully saturated rings. The number of hydrogen-bond donors (Lipinski definition) is 2. The number of rotatable bonds is 2. The summed E-state index contributed by atoms with van der Waals surface area (Å²) in [5.74, 6) is 3.39. The van der Waals surface area contributed by atoms with Crippen molar-refractivity contribution in [3.05, 3.63) is 15.9 Å². The van der Waals surface area contributed by atoms with Gasteiger partial charge in [-0.15, -0.1) is 0 Å². The minimum Gasteiger partial charge on any atom is -0.371 e. The van der Waals surface area contributed by atoms with Crippen molar-refractivity contribution in [1.29, 1.82) is 5.26 Å². The second-order valence-corrected chi connectivity index (χ2v) is 7.27. The Morgan fingerprint density at radius 1 is 1.16 bits per heavy atom. The van der Waals surface area contributed by atoms with E-state index in [-0.39, 0.29) is 11.1 Å². The average Bonchev–Trinajstić information content (AvgIpc) is 2.73. The normalized spacial score (nSPS) is 39.2. The van der Waals surface area contributed by atoms with Crippen LogP contribution in [-0.2, 0) is 0 Å². The Morgan fingerprint density at radius 3 is 2.37 bits per heavy atom. The van der Waals surface area contributed by atoms with Gasteiger partial charge in [-0.1, -0.05) is 0 Å². The number of nitriles is 1. The van der Waals surface area contributed by atoms with Gasteiger partial charge in [0.25, 0.3) is 5.56 Å². The smallest absolute Gasteiger partial charge is 0.278 e. The first-order valence-electron chi connectivity index (χ1n) is 7.12. The quantitative estimate of drug-likeness (QED) is 0.871. The summed E-state index contributed by atoms with van der Waals surface area (Å²) in [6.45, 7) is 0. The Kier molecular flexibility index (Phi) is 2.49. The minimum atomic E-state index is -0.251. The van der Waals surface area contributed by atoms with Crippen LogP contribution in [0.1, 0.15) is 37.7 Å². The van der Waals surface area contributed by atoms with Gasteiger partial charge in [-0.25, -0.2) is 0 Å². The minimum absolute atomic E-state index is 0.251. The first kappa shape index (κ1) is 11.5. The zero-order chi connectivity index (χ0) is 13.0. The lowest BCUT2D eigenvalue weighted by molar-refractivity contribution is 0.00764. The first-order chi connectivity index (χ1) is 9.24. The lowest BCUT2D eigenvalue weighted by Gasteiger charge is -2.54. The molecule has 0 unspecified atom stereocenters. The van der Waals surface area contributed by atoms with Gasteiger partial charge in [-0.05, 0) is 67.3 Å². The predicted octanol–water partition coefficient (Wildman–Crippen LogP) is 2.54. The van der Waals surface area contributed by atoms with Crippen molar-refractivity contribution >= 4 is 16.5 Å². The number of nitrogens with one attached hydrogen (secondary N) is 2. The van der Waals surface area contributed by atoms with Crippen LogP contribution in [0.5, 0.6) is 0 Å². The molecule has 2 N–H and O–H groups in total. The van der Waals surface area contributed by atoms with Crippen molar-refractivity contribution in [2.75, 3.05) is 5.32 Å². The summed E-state index contributed by atoms with van der Waals surface area (Å²) in [6, 6.07) is 2.50. The summed E-state index contributed by atoms with van der Waals surface area (Å²) in [4.78, 5) is 11.5. The van der Waals surface area contributed by atoms with E-state index in [1.807, 2.05) is 6.07 Å². The molecular formula is C14H17N3OS. The molecule has 0 radical (unpaired) electrons. The average molecular weight is 275 g/mol.